The van der Waals surface area contributed by atoms with E-state index >= 15 is 0 Å². The van der Waals surface area contributed by atoms with Gasteiger partial charge in [-0.1, -0.05) is 72.8 Å². The van der Waals surface area contributed by atoms with Crippen molar-refractivity contribution in [3.8, 4) is 5.75 Å². The van der Waals surface area contributed by atoms with Crippen LogP contribution in [-0.2, 0) is 21.4 Å². The predicted octanol–water partition coefficient (Wildman–Crippen LogP) is 4.85. The van der Waals surface area contributed by atoms with Gasteiger partial charge in [-0.05, 0) is 48.9 Å². The van der Waals surface area contributed by atoms with Crippen LogP contribution in [0.5, 0.6) is 5.75 Å². The van der Waals surface area contributed by atoms with Gasteiger partial charge in [0.1, 0.15) is 12.3 Å². The lowest BCUT2D eigenvalue weighted by Crippen LogP contribution is -2.38. The van der Waals surface area contributed by atoms with Gasteiger partial charge in [0, 0.05) is 6.54 Å². The fraction of sp³-hybridized carbons (Fsp3) is 0.133. The first-order valence-corrected chi connectivity index (χ1v) is 13.8. The van der Waals surface area contributed by atoms with Crippen LogP contribution in [0.3, 0.4) is 0 Å². The molecule has 0 heterocycles. The Morgan fingerprint density at radius 1 is 0.795 bits per heavy atom. The van der Waals surface area contributed by atoms with Crippen molar-refractivity contribution in [1.29, 1.82) is 0 Å². The highest BCUT2D eigenvalue weighted by Crippen LogP contribution is 2.32. The molecule has 0 bridgehead atoms. The summed E-state index contributed by atoms with van der Waals surface area (Å²) in [5.74, 6) is -0.665. The van der Waals surface area contributed by atoms with Gasteiger partial charge in [-0.15, -0.1) is 0 Å². The quantitative estimate of drug-likeness (QED) is 0.281. The van der Waals surface area contributed by atoms with E-state index in [-0.39, 0.29) is 27.7 Å². The Morgan fingerprint density at radius 2 is 1.41 bits per heavy atom. The highest BCUT2D eigenvalue weighted by molar-refractivity contribution is 7.92. The topological polar surface area (TPSA) is 105 Å². The molecule has 0 aromatic heterocycles. The van der Waals surface area contributed by atoms with Crippen LogP contribution >= 0.6 is 0 Å². The molecule has 200 valence electrons. The van der Waals surface area contributed by atoms with Crippen molar-refractivity contribution in [2.75, 3.05) is 22.8 Å². The first-order chi connectivity index (χ1) is 18.9. The average molecular weight is 544 g/mol. The number of anilines is 2. The lowest BCUT2D eigenvalue weighted by molar-refractivity contribution is -0.114. The molecule has 4 aromatic carbocycles. The van der Waals surface area contributed by atoms with E-state index in [0.717, 1.165) is 9.87 Å². The van der Waals surface area contributed by atoms with Crippen molar-refractivity contribution in [1.82, 2.24) is 5.32 Å². The number of carbonyl (C=O) groups excluding carboxylic acids is 2. The number of sulfonamides is 1. The molecule has 0 atom stereocenters. The summed E-state index contributed by atoms with van der Waals surface area (Å²) in [6, 6.07) is 30.5. The van der Waals surface area contributed by atoms with Gasteiger partial charge in [0.05, 0.1) is 28.4 Å². The second-order valence-electron chi connectivity index (χ2n) is 8.49. The zero-order chi connectivity index (χ0) is 27.7. The Bertz CT molecular complexity index is 1530. The normalized spacial score (nSPS) is 10.9. The van der Waals surface area contributed by atoms with Crippen molar-refractivity contribution in [2.24, 2.45) is 0 Å². The van der Waals surface area contributed by atoms with Crippen LogP contribution in [0.25, 0.3) is 0 Å². The molecule has 0 aliphatic heterocycles. The van der Waals surface area contributed by atoms with Gasteiger partial charge in [0.25, 0.3) is 15.9 Å². The number of carbonyl (C=O) groups is 2. The minimum atomic E-state index is -4.13. The fourth-order valence-electron chi connectivity index (χ4n) is 3.94. The van der Waals surface area contributed by atoms with E-state index in [9.17, 15) is 18.0 Å². The molecule has 2 amide bonds. The molecule has 8 nitrogen and oxygen atoms in total. The Balaban J connectivity index is 1.59. The predicted molar refractivity (Wildman–Crippen MR) is 151 cm³/mol. The number of hydrogen-bond acceptors (Lipinski definition) is 5. The highest BCUT2D eigenvalue weighted by atomic mass is 32.2. The number of hydrogen-bond donors (Lipinski definition) is 2. The van der Waals surface area contributed by atoms with E-state index in [1.165, 1.54) is 12.1 Å². The Morgan fingerprint density at radius 3 is 2.13 bits per heavy atom. The second-order valence-corrected chi connectivity index (χ2v) is 10.3. The van der Waals surface area contributed by atoms with E-state index in [1.807, 2.05) is 30.3 Å². The molecule has 39 heavy (non-hydrogen) atoms. The van der Waals surface area contributed by atoms with E-state index in [1.54, 1.807) is 73.7 Å². The van der Waals surface area contributed by atoms with Gasteiger partial charge in [-0.2, -0.15) is 0 Å². The largest absolute Gasteiger partial charge is 0.492 e. The zero-order valence-electron chi connectivity index (χ0n) is 21.4. The molecular formula is C30H29N3O5S. The highest BCUT2D eigenvalue weighted by Gasteiger charge is 2.29. The van der Waals surface area contributed by atoms with Gasteiger partial charge in [-0.3, -0.25) is 13.9 Å². The number of para-hydroxylation sites is 3. The standard InChI is InChI=1S/C30H29N3O5S/c1-2-38-28-20-12-11-19-27(28)33(39(36,37)24-15-7-4-8-16-24)22-29(34)32-26-18-10-9-17-25(26)30(35)31-21-23-13-5-3-6-14-23/h3-20H,2,21-22H2,1H3,(H,31,35)(H,32,34). The van der Waals surface area contributed by atoms with E-state index in [2.05, 4.69) is 10.6 Å². The van der Waals surface area contributed by atoms with Crippen molar-refractivity contribution < 1.29 is 22.7 Å². The summed E-state index contributed by atoms with van der Waals surface area (Å²) < 4.78 is 34.1. The second kappa shape index (κ2) is 12.7. The third-order valence-electron chi connectivity index (χ3n) is 5.79. The molecule has 0 aliphatic rings. The average Bonchev–Trinajstić information content (AvgIpc) is 2.96. The summed E-state index contributed by atoms with van der Waals surface area (Å²) in [7, 11) is -4.13. The Hall–Kier alpha value is -4.63. The lowest BCUT2D eigenvalue weighted by Gasteiger charge is -2.26. The molecule has 0 radical (unpaired) electrons. The number of amides is 2. The fourth-order valence-corrected chi connectivity index (χ4v) is 5.40. The van der Waals surface area contributed by atoms with Crippen LogP contribution in [-0.4, -0.2) is 33.4 Å². The smallest absolute Gasteiger partial charge is 0.264 e. The summed E-state index contributed by atoms with van der Waals surface area (Å²) >= 11 is 0. The van der Waals surface area contributed by atoms with E-state index in [4.69, 9.17) is 4.74 Å². The van der Waals surface area contributed by atoms with Gasteiger partial charge in [0.2, 0.25) is 5.91 Å². The van der Waals surface area contributed by atoms with Crippen LogP contribution in [0.4, 0.5) is 11.4 Å². The summed E-state index contributed by atoms with van der Waals surface area (Å²) in [6.07, 6.45) is 0. The lowest BCUT2D eigenvalue weighted by atomic mass is 10.1. The summed E-state index contributed by atoms with van der Waals surface area (Å²) in [4.78, 5) is 26.3. The molecular weight excluding hydrogens is 514 g/mol. The van der Waals surface area contributed by atoms with Crippen molar-refractivity contribution in [3.05, 3.63) is 120 Å². The molecule has 0 fully saturated rings. The van der Waals surface area contributed by atoms with Gasteiger partial charge >= 0.3 is 0 Å². The molecule has 4 aromatic rings. The first kappa shape index (κ1) is 27.4. The molecule has 4 rings (SSSR count). The summed E-state index contributed by atoms with van der Waals surface area (Å²) in [5.41, 5.74) is 1.69. The van der Waals surface area contributed by atoms with Crippen molar-refractivity contribution in [2.45, 2.75) is 18.4 Å². The van der Waals surface area contributed by atoms with Crippen molar-refractivity contribution in [3.63, 3.8) is 0 Å². The molecule has 0 spiro atoms. The maximum atomic E-state index is 13.7. The van der Waals surface area contributed by atoms with Gasteiger partial charge < -0.3 is 15.4 Å². The van der Waals surface area contributed by atoms with Gasteiger partial charge in [-0.25, -0.2) is 8.42 Å². The molecule has 0 saturated heterocycles. The Labute approximate surface area is 228 Å². The number of ether oxygens (including phenoxy) is 1. The van der Waals surface area contributed by atoms with E-state index in [0.29, 0.717) is 18.9 Å². The maximum Gasteiger partial charge on any atom is 0.264 e. The first-order valence-electron chi connectivity index (χ1n) is 12.4. The third kappa shape index (κ3) is 6.82. The zero-order valence-corrected chi connectivity index (χ0v) is 22.2. The van der Waals surface area contributed by atoms with E-state index < -0.39 is 22.5 Å². The number of nitrogens with zero attached hydrogens (tertiary/aromatic N) is 1. The SMILES string of the molecule is CCOc1ccccc1N(CC(=O)Nc1ccccc1C(=O)NCc1ccccc1)S(=O)(=O)c1ccccc1. The Kier molecular flexibility index (Phi) is 8.96. The summed E-state index contributed by atoms with van der Waals surface area (Å²) in [6.45, 7) is 1.88. The minimum absolute atomic E-state index is 0.0322. The summed E-state index contributed by atoms with van der Waals surface area (Å²) in [5, 5.41) is 5.57. The van der Waals surface area contributed by atoms with Crippen LogP contribution in [0.15, 0.2) is 114 Å². The van der Waals surface area contributed by atoms with Crippen LogP contribution in [0.2, 0.25) is 0 Å². The molecule has 9 heteroatoms. The number of rotatable bonds is 11. The molecule has 0 aliphatic carbocycles. The van der Waals surface area contributed by atoms with Gasteiger partial charge in [0.15, 0.2) is 0 Å². The van der Waals surface area contributed by atoms with Crippen LogP contribution in [0, 0.1) is 0 Å². The van der Waals surface area contributed by atoms with Crippen LogP contribution < -0.4 is 19.7 Å². The molecule has 0 unspecified atom stereocenters. The van der Waals surface area contributed by atoms with Crippen molar-refractivity contribution >= 4 is 33.2 Å². The minimum Gasteiger partial charge on any atom is -0.492 e. The molecule has 0 saturated carbocycles. The maximum absolute atomic E-state index is 13.7. The number of benzene rings is 4. The van der Waals surface area contributed by atoms with Crippen LogP contribution in [0.1, 0.15) is 22.8 Å². The number of nitrogens with one attached hydrogen (secondary N) is 2. The third-order valence-corrected chi connectivity index (χ3v) is 7.57. The molecule has 2 N–H and O–H groups in total. The monoisotopic (exact) mass is 543 g/mol.